The maximum Gasteiger partial charge on any atom is 0.181 e. The second-order valence-electron chi connectivity index (χ2n) is 4.22. The van der Waals surface area contributed by atoms with Gasteiger partial charge in [-0.05, 0) is 55.0 Å². The van der Waals surface area contributed by atoms with Crippen LogP contribution >= 0.6 is 11.6 Å². The minimum atomic E-state index is 0.139. The summed E-state index contributed by atoms with van der Waals surface area (Å²) in [5.41, 5.74) is 1.96. The van der Waals surface area contributed by atoms with Crippen LogP contribution in [-0.4, -0.2) is 5.78 Å². The fourth-order valence-electron chi connectivity index (χ4n) is 1.91. The molecule has 0 bridgehead atoms. The van der Waals surface area contributed by atoms with Crippen LogP contribution < -0.4 is 0 Å². The fraction of sp³-hybridized carbons (Fsp3) is 0.267. The predicted octanol–water partition coefficient (Wildman–Crippen LogP) is 4.42. The quantitative estimate of drug-likeness (QED) is 0.722. The maximum absolute atomic E-state index is 11.9. The highest BCUT2D eigenvalue weighted by Crippen LogP contribution is 2.19. The van der Waals surface area contributed by atoms with E-state index in [0.717, 1.165) is 30.4 Å². The van der Waals surface area contributed by atoms with Crippen molar-refractivity contribution in [2.75, 3.05) is 0 Å². The van der Waals surface area contributed by atoms with E-state index in [-0.39, 0.29) is 5.78 Å². The highest BCUT2D eigenvalue weighted by atomic mass is 35.5. The van der Waals surface area contributed by atoms with E-state index in [4.69, 9.17) is 11.6 Å². The van der Waals surface area contributed by atoms with Gasteiger partial charge >= 0.3 is 0 Å². The van der Waals surface area contributed by atoms with Crippen LogP contribution in [0.1, 0.15) is 31.2 Å². The molecule has 0 aliphatic heterocycles. The maximum atomic E-state index is 11.9. The third-order valence-electron chi connectivity index (χ3n) is 2.90. The molecule has 0 atom stereocenters. The Hall–Kier alpha value is -1.34. The van der Waals surface area contributed by atoms with Crippen LogP contribution in [0.3, 0.4) is 0 Å². The molecule has 0 N–H and O–H groups in total. The molecule has 2 heteroatoms. The predicted molar refractivity (Wildman–Crippen MR) is 72.0 cm³/mol. The molecular formula is C15H15ClO. The van der Waals surface area contributed by atoms with Gasteiger partial charge in [0, 0.05) is 5.02 Å². The first-order valence-corrected chi connectivity index (χ1v) is 6.30. The van der Waals surface area contributed by atoms with Crippen LogP contribution in [0.4, 0.5) is 0 Å². The lowest BCUT2D eigenvalue weighted by atomic mass is 9.96. The van der Waals surface area contributed by atoms with E-state index in [1.165, 1.54) is 6.42 Å². The summed E-state index contributed by atoms with van der Waals surface area (Å²) in [6.45, 7) is 0. The summed E-state index contributed by atoms with van der Waals surface area (Å²) in [5, 5.41) is 0.712. The molecule has 1 aliphatic carbocycles. The monoisotopic (exact) mass is 246 g/mol. The van der Waals surface area contributed by atoms with Gasteiger partial charge in [0.1, 0.15) is 0 Å². The molecule has 0 heterocycles. The third kappa shape index (κ3) is 3.57. The summed E-state index contributed by atoms with van der Waals surface area (Å²) in [5.74, 6) is 0.139. The highest BCUT2D eigenvalue weighted by molar-refractivity contribution is 6.30. The molecule has 1 nitrogen and oxygen atoms in total. The Morgan fingerprint density at radius 3 is 2.59 bits per heavy atom. The molecule has 0 fully saturated rings. The topological polar surface area (TPSA) is 17.1 Å². The number of allylic oxidation sites excluding steroid dienone is 3. The smallest absolute Gasteiger partial charge is 0.181 e. The van der Waals surface area contributed by atoms with Crippen LogP contribution in [0, 0.1) is 0 Å². The van der Waals surface area contributed by atoms with Crippen LogP contribution in [0.5, 0.6) is 0 Å². The van der Waals surface area contributed by atoms with Crippen molar-refractivity contribution in [1.29, 1.82) is 0 Å². The Balaban J connectivity index is 2.02. The summed E-state index contributed by atoms with van der Waals surface area (Å²) in [6.07, 6.45) is 9.86. The molecule has 0 aromatic heterocycles. The lowest BCUT2D eigenvalue weighted by Gasteiger charge is -2.08. The van der Waals surface area contributed by atoms with Crippen molar-refractivity contribution in [3.8, 4) is 0 Å². The first-order valence-electron chi connectivity index (χ1n) is 5.93. The lowest BCUT2D eigenvalue weighted by molar-refractivity contribution is -0.111. The Bertz CT molecular complexity index is 454. The largest absolute Gasteiger partial charge is 0.290 e. The molecule has 0 spiro atoms. The van der Waals surface area contributed by atoms with Gasteiger partial charge in [-0.2, -0.15) is 0 Å². The molecule has 0 saturated heterocycles. The summed E-state index contributed by atoms with van der Waals surface area (Å²) < 4.78 is 0. The zero-order valence-corrected chi connectivity index (χ0v) is 10.4. The average Bonchev–Trinajstić information content (AvgIpc) is 2.39. The van der Waals surface area contributed by atoms with Crippen molar-refractivity contribution < 1.29 is 4.79 Å². The van der Waals surface area contributed by atoms with Crippen LogP contribution in [0.25, 0.3) is 6.08 Å². The normalized spacial score (nSPS) is 15.9. The van der Waals surface area contributed by atoms with Gasteiger partial charge in [0.25, 0.3) is 0 Å². The average molecular weight is 247 g/mol. The molecular weight excluding hydrogens is 232 g/mol. The molecule has 0 amide bonds. The van der Waals surface area contributed by atoms with E-state index in [1.807, 2.05) is 30.3 Å². The van der Waals surface area contributed by atoms with E-state index < -0.39 is 0 Å². The molecule has 0 saturated carbocycles. The molecule has 1 aromatic carbocycles. The van der Waals surface area contributed by atoms with Crippen molar-refractivity contribution in [1.82, 2.24) is 0 Å². The minimum Gasteiger partial charge on any atom is -0.290 e. The molecule has 1 aliphatic rings. The molecule has 0 radical (unpaired) electrons. The van der Waals surface area contributed by atoms with E-state index in [1.54, 1.807) is 6.08 Å². The van der Waals surface area contributed by atoms with Gasteiger partial charge in [0.05, 0.1) is 0 Å². The second-order valence-corrected chi connectivity index (χ2v) is 4.66. The van der Waals surface area contributed by atoms with Gasteiger partial charge in [0.15, 0.2) is 5.78 Å². The van der Waals surface area contributed by atoms with Gasteiger partial charge in [-0.15, -0.1) is 0 Å². The Morgan fingerprint density at radius 2 is 1.94 bits per heavy atom. The summed E-state index contributed by atoms with van der Waals surface area (Å²) >= 11 is 5.80. The molecule has 0 unspecified atom stereocenters. The summed E-state index contributed by atoms with van der Waals surface area (Å²) in [6, 6.07) is 7.46. The number of ketones is 1. The Labute approximate surface area is 107 Å². The standard InChI is InChI=1S/C15H15ClO/c16-14-9-6-12(7-10-14)8-11-15(17)13-4-2-1-3-5-13/h4,6-11H,1-3,5H2. The zero-order valence-electron chi connectivity index (χ0n) is 9.66. The van der Waals surface area contributed by atoms with Crippen LogP contribution in [0.2, 0.25) is 5.02 Å². The van der Waals surface area contributed by atoms with E-state index in [9.17, 15) is 4.79 Å². The van der Waals surface area contributed by atoms with E-state index >= 15 is 0 Å². The number of rotatable bonds is 3. The second kappa shape index (κ2) is 5.83. The minimum absolute atomic E-state index is 0.139. The number of carbonyl (C=O) groups is 1. The highest BCUT2D eigenvalue weighted by Gasteiger charge is 2.08. The van der Waals surface area contributed by atoms with Crippen molar-refractivity contribution in [2.24, 2.45) is 0 Å². The van der Waals surface area contributed by atoms with Gasteiger partial charge in [-0.3, -0.25) is 4.79 Å². The molecule has 1 aromatic rings. The fourth-order valence-corrected chi connectivity index (χ4v) is 2.04. The van der Waals surface area contributed by atoms with Crippen LogP contribution in [-0.2, 0) is 4.79 Å². The van der Waals surface area contributed by atoms with Gasteiger partial charge in [-0.1, -0.05) is 35.9 Å². The van der Waals surface area contributed by atoms with E-state index in [0.29, 0.717) is 5.02 Å². The molecule has 2 rings (SSSR count). The zero-order chi connectivity index (χ0) is 12.1. The summed E-state index contributed by atoms with van der Waals surface area (Å²) in [4.78, 5) is 11.9. The first-order chi connectivity index (χ1) is 8.25. The van der Waals surface area contributed by atoms with Gasteiger partial charge in [-0.25, -0.2) is 0 Å². The molecule has 88 valence electrons. The van der Waals surface area contributed by atoms with Gasteiger partial charge < -0.3 is 0 Å². The number of carbonyl (C=O) groups excluding carboxylic acids is 1. The lowest BCUT2D eigenvalue weighted by Crippen LogP contribution is -2.02. The Kier molecular flexibility index (Phi) is 4.16. The number of hydrogen-bond donors (Lipinski definition) is 0. The number of hydrogen-bond acceptors (Lipinski definition) is 1. The number of halogens is 1. The van der Waals surface area contributed by atoms with Crippen molar-refractivity contribution in [2.45, 2.75) is 25.7 Å². The van der Waals surface area contributed by atoms with Crippen molar-refractivity contribution in [3.63, 3.8) is 0 Å². The van der Waals surface area contributed by atoms with Crippen LogP contribution in [0.15, 0.2) is 42.0 Å². The Morgan fingerprint density at radius 1 is 1.18 bits per heavy atom. The number of benzene rings is 1. The van der Waals surface area contributed by atoms with Crippen molar-refractivity contribution >= 4 is 23.5 Å². The molecule has 17 heavy (non-hydrogen) atoms. The SMILES string of the molecule is O=C(C=Cc1ccc(Cl)cc1)C1=CCCCC1. The van der Waals surface area contributed by atoms with Gasteiger partial charge in [0.2, 0.25) is 0 Å². The third-order valence-corrected chi connectivity index (χ3v) is 3.16. The van der Waals surface area contributed by atoms with E-state index in [2.05, 4.69) is 6.08 Å². The summed E-state index contributed by atoms with van der Waals surface area (Å²) in [7, 11) is 0. The first kappa shape index (κ1) is 12.1. The van der Waals surface area contributed by atoms with Crippen molar-refractivity contribution in [3.05, 3.63) is 52.6 Å².